The van der Waals surface area contributed by atoms with Crippen LogP contribution in [0.5, 0.6) is 11.5 Å². The molecule has 1 atom stereocenters. The van der Waals surface area contributed by atoms with Crippen LogP contribution in [0.1, 0.15) is 39.7 Å². The molecule has 56 heavy (non-hydrogen) atoms. The van der Waals surface area contributed by atoms with E-state index in [0.29, 0.717) is 0 Å². The maximum Gasteiger partial charge on any atom is 0.201 e. The molecular formula is C51H34N4O. The van der Waals surface area contributed by atoms with Gasteiger partial charge in [0.05, 0.1) is 33.5 Å². The summed E-state index contributed by atoms with van der Waals surface area (Å²) in [4.78, 5) is 7.90. The second-order valence-corrected chi connectivity index (χ2v) is 14.7. The van der Waals surface area contributed by atoms with Crippen LogP contribution in [0, 0.1) is 0 Å². The lowest BCUT2D eigenvalue weighted by atomic mass is 9.61. The summed E-state index contributed by atoms with van der Waals surface area (Å²) in [6.07, 6.45) is -0.402. The lowest BCUT2D eigenvalue weighted by Crippen LogP contribution is -2.39. The first-order valence-electron chi connectivity index (χ1n) is 19.2. The highest BCUT2D eigenvalue weighted by Crippen LogP contribution is 2.63. The summed E-state index contributed by atoms with van der Waals surface area (Å²) >= 11 is 0. The third-order valence-corrected chi connectivity index (χ3v) is 11.8. The maximum atomic E-state index is 7.06. The van der Waals surface area contributed by atoms with E-state index < -0.39 is 11.7 Å². The van der Waals surface area contributed by atoms with Crippen molar-refractivity contribution in [2.75, 3.05) is 10.2 Å². The third-order valence-electron chi connectivity index (χ3n) is 11.8. The van der Waals surface area contributed by atoms with E-state index >= 15 is 0 Å². The topological polar surface area (TPSA) is 41.8 Å². The van der Waals surface area contributed by atoms with Crippen molar-refractivity contribution in [3.8, 4) is 11.5 Å². The van der Waals surface area contributed by atoms with Crippen molar-refractivity contribution < 1.29 is 4.74 Å². The predicted octanol–water partition coefficient (Wildman–Crippen LogP) is 12.5. The van der Waals surface area contributed by atoms with Crippen molar-refractivity contribution in [3.63, 3.8) is 0 Å². The molecule has 264 valence electrons. The van der Waals surface area contributed by atoms with Gasteiger partial charge in [0, 0.05) is 50.5 Å². The van der Waals surface area contributed by atoms with Gasteiger partial charge in [-0.1, -0.05) is 140 Å². The molecule has 12 rings (SSSR count). The second-order valence-electron chi connectivity index (χ2n) is 14.7. The van der Waals surface area contributed by atoms with Gasteiger partial charge in [-0.15, -0.1) is 0 Å². The van der Waals surface area contributed by atoms with Crippen LogP contribution in [0.15, 0.2) is 199 Å². The van der Waals surface area contributed by atoms with Gasteiger partial charge in [0.15, 0.2) is 0 Å². The zero-order valence-electron chi connectivity index (χ0n) is 30.3. The van der Waals surface area contributed by atoms with Crippen LogP contribution in [-0.4, -0.2) is 10.3 Å². The molecule has 0 bridgehead atoms. The number of hydrogen-bond donors (Lipinski definition) is 1. The number of rotatable bonds is 3. The molecule has 4 heterocycles. The van der Waals surface area contributed by atoms with E-state index in [1.807, 2.05) is 0 Å². The summed E-state index contributed by atoms with van der Waals surface area (Å²) in [5.41, 5.74) is 13.8. The van der Waals surface area contributed by atoms with Crippen LogP contribution in [0.4, 0.5) is 22.7 Å². The van der Waals surface area contributed by atoms with E-state index in [9.17, 15) is 0 Å². The molecule has 1 spiro atoms. The number of aromatic nitrogens is 1. The highest BCUT2D eigenvalue weighted by Gasteiger charge is 2.51. The molecule has 8 aromatic carbocycles. The Hall–Kier alpha value is -7.37. The van der Waals surface area contributed by atoms with Gasteiger partial charge in [0.1, 0.15) is 11.5 Å². The zero-order chi connectivity index (χ0) is 36.8. The highest BCUT2D eigenvalue weighted by atomic mass is 16.5. The Morgan fingerprint density at radius 2 is 1.12 bits per heavy atom. The van der Waals surface area contributed by atoms with E-state index in [2.05, 4.69) is 209 Å². The lowest BCUT2D eigenvalue weighted by Gasteiger charge is -2.48. The van der Waals surface area contributed by atoms with Crippen LogP contribution in [0.2, 0.25) is 0 Å². The number of aliphatic imine (C=N–C) groups is 1. The first kappa shape index (κ1) is 31.0. The van der Waals surface area contributed by atoms with E-state index in [1.165, 1.54) is 16.5 Å². The molecule has 5 nitrogen and oxygen atoms in total. The Bertz CT molecular complexity index is 3010. The smallest absolute Gasteiger partial charge is 0.201 e. The maximum absolute atomic E-state index is 7.06. The molecule has 0 aliphatic carbocycles. The molecule has 5 heteroatoms. The Morgan fingerprint density at radius 1 is 0.500 bits per heavy atom. The van der Waals surface area contributed by atoms with Crippen LogP contribution < -0.4 is 15.0 Å². The monoisotopic (exact) mass is 718 g/mol. The first-order valence-corrected chi connectivity index (χ1v) is 19.2. The number of para-hydroxylation sites is 6. The first-order chi connectivity index (χ1) is 27.8. The van der Waals surface area contributed by atoms with Crippen LogP contribution >= 0.6 is 0 Å². The predicted molar refractivity (Wildman–Crippen MR) is 227 cm³/mol. The molecule has 1 N–H and O–H groups in total. The molecule has 0 saturated carbocycles. The Labute approximate surface area is 324 Å². The van der Waals surface area contributed by atoms with Crippen LogP contribution in [0.25, 0.3) is 21.8 Å². The highest BCUT2D eigenvalue weighted by molar-refractivity contribution is 6.17. The van der Waals surface area contributed by atoms with Crippen molar-refractivity contribution >= 4 is 50.3 Å². The number of nitrogens with one attached hydrogen (secondary N) is 1. The summed E-state index contributed by atoms with van der Waals surface area (Å²) in [7, 11) is 0. The minimum Gasteiger partial charge on any atom is -0.457 e. The molecule has 9 aromatic rings. The van der Waals surface area contributed by atoms with Gasteiger partial charge in [0.2, 0.25) is 6.29 Å². The van der Waals surface area contributed by atoms with Crippen molar-refractivity contribution in [3.05, 3.63) is 228 Å². The fourth-order valence-electron chi connectivity index (χ4n) is 9.60. The molecule has 0 amide bonds. The molecule has 1 unspecified atom stereocenters. The van der Waals surface area contributed by atoms with Gasteiger partial charge >= 0.3 is 0 Å². The second kappa shape index (κ2) is 11.8. The largest absolute Gasteiger partial charge is 0.457 e. The Balaban J connectivity index is 1.16. The van der Waals surface area contributed by atoms with Gasteiger partial charge in [-0.2, -0.15) is 0 Å². The van der Waals surface area contributed by atoms with Gasteiger partial charge in [-0.25, -0.2) is 4.99 Å². The fourth-order valence-corrected chi connectivity index (χ4v) is 9.60. The molecule has 0 radical (unpaired) electrons. The summed E-state index contributed by atoms with van der Waals surface area (Å²) in [5.74, 6) is 1.69. The minimum atomic E-state index is -0.666. The van der Waals surface area contributed by atoms with E-state index in [-0.39, 0.29) is 0 Å². The van der Waals surface area contributed by atoms with Crippen molar-refractivity contribution in [1.82, 2.24) is 4.57 Å². The number of anilines is 4. The van der Waals surface area contributed by atoms with Crippen LogP contribution in [-0.2, 0) is 5.41 Å². The quantitative estimate of drug-likeness (QED) is 0.198. The molecule has 0 fully saturated rings. The van der Waals surface area contributed by atoms with Crippen molar-refractivity contribution in [2.45, 2.75) is 11.7 Å². The number of nitrogens with zero attached hydrogens (tertiary/aromatic N) is 3. The number of hydrogen-bond acceptors (Lipinski definition) is 4. The lowest BCUT2D eigenvalue weighted by molar-refractivity contribution is 0.434. The van der Waals surface area contributed by atoms with Gasteiger partial charge in [-0.3, -0.25) is 0 Å². The summed E-state index contributed by atoms with van der Waals surface area (Å²) < 4.78 is 9.40. The summed E-state index contributed by atoms with van der Waals surface area (Å²) in [6, 6.07) is 69.4. The molecule has 1 aromatic heterocycles. The SMILES string of the molecule is c1ccc(C2=NC(n3c4ccccc4c4cc5c(cc43)Oc3ccccc3C53c4ccccc4N(c4ccccc4)c4ccccc43)Nc3ccccc32)cc1. The average Bonchev–Trinajstić information content (AvgIpc) is 3.59. The number of benzene rings is 8. The fraction of sp³-hybridized carbons (Fsp3) is 0.0392. The zero-order valence-corrected chi connectivity index (χ0v) is 30.3. The summed E-state index contributed by atoms with van der Waals surface area (Å²) in [5, 5.41) is 6.13. The Kier molecular flexibility index (Phi) is 6.55. The van der Waals surface area contributed by atoms with E-state index in [0.717, 1.165) is 78.6 Å². The molecule has 3 aliphatic heterocycles. The molecular weight excluding hydrogens is 685 g/mol. The van der Waals surface area contributed by atoms with Crippen LogP contribution in [0.3, 0.4) is 0 Å². The standard InChI is InChI=1S/C51H34N4O/c1-3-17-33(18-4-1)49-36-22-7-12-26-42(36)52-50(53-49)55-43-27-13-8-21-35(43)37-31-41-48(32-46(37)55)56-47-30-16-11-25-40(47)51(41)38-23-9-14-28-44(38)54(34-19-5-2-6-20-34)45-29-15-10-24-39(45)51/h1-32,50,52H. The van der Waals surface area contributed by atoms with Gasteiger partial charge in [-0.05, 0) is 59.7 Å². The van der Waals surface area contributed by atoms with Crippen molar-refractivity contribution in [1.29, 1.82) is 0 Å². The van der Waals surface area contributed by atoms with E-state index in [1.54, 1.807) is 0 Å². The van der Waals surface area contributed by atoms with E-state index in [4.69, 9.17) is 9.73 Å². The number of fused-ring (bicyclic) bond motifs is 12. The normalized spacial score (nSPS) is 15.8. The average molecular weight is 719 g/mol. The minimum absolute atomic E-state index is 0.402. The molecule has 0 saturated heterocycles. The molecule has 3 aliphatic rings. The van der Waals surface area contributed by atoms with Gasteiger partial charge in [0.25, 0.3) is 0 Å². The summed E-state index contributed by atoms with van der Waals surface area (Å²) in [6.45, 7) is 0. The Morgan fingerprint density at radius 3 is 1.91 bits per heavy atom. The van der Waals surface area contributed by atoms with Crippen molar-refractivity contribution in [2.24, 2.45) is 4.99 Å². The number of ether oxygens (including phenoxy) is 1. The third kappa shape index (κ3) is 4.22. The van der Waals surface area contributed by atoms with Gasteiger partial charge < -0.3 is 19.5 Å².